The molecule has 1 aromatic heterocycles. The number of carbonyl (C=O) groups excluding carboxylic acids is 1. The topological polar surface area (TPSA) is 49.1 Å². The monoisotopic (exact) mass is 417 g/mol. The first-order chi connectivity index (χ1) is 12.2. The minimum Gasteiger partial charge on any atom is -0.450 e. The molecule has 0 unspecified atom stereocenters. The van der Waals surface area contributed by atoms with Crippen LogP contribution in [0.25, 0.3) is 6.08 Å². The van der Waals surface area contributed by atoms with Crippen LogP contribution in [-0.2, 0) is 4.79 Å². The van der Waals surface area contributed by atoms with Crippen molar-refractivity contribution in [2.24, 2.45) is 4.99 Å². The van der Waals surface area contributed by atoms with Gasteiger partial charge in [0.05, 0.1) is 4.91 Å². The Morgan fingerprint density at radius 2 is 1.76 bits per heavy atom. The summed E-state index contributed by atoms with van der Waals surface area (Å²) >= 11 is 4.69. The molecule has 0 spiro atoms. The summed E-state index contributed by atoms with van der Waals surface area (Å²) in [4.78, 5) is 21.5. The molecule has 2 aliphatic rings. The molecule has 0 N–H and O–H groups in total. The Labute approximate surface area is 158 Å². The van der Waals surface area contributed by atoms with Crippen molar-refractivity contribution in [3.8, 4) is 0 Å². The number of para-hydroxylation sites is 1. The van der Waals surface area contributed by atoms with E-state index in [1.807, 2.05) is 12.1 Å². The zero-order valence-electron chi connectivity index (χ0n) is 13.4. The molecule has 25 heavy (non-hydrogen) atoms. The first-order valence-electron chi connectivity index (χ1n) is 8.02. The highest BCUT2D eigenvalue weighted by molar-refractivity contribution is 9.10. The van der Waals surface area contributed by atoms with E-state index in [0.29, 0.717) is 15.3 Å². The van der Waals surface area contributed by atoms with Gasteiger partial charge in [-0.3, -0.25) is 4.79 Å². The summed E-state index contributed by atoms with van der Waals surface area (Å²) in [6, 6.07) is 14.0. The first kappa shape index (κ1) is 16.5. The maximum atomic E-state index is 12.2. The number of anilines is 1. The van der Waals surface area contributed by atoms with E-state index >= 15 is 0 Å². The average molecular weight is 418 g/mol. The maximum absolute atomic E-state index is 12.2. The highest BCUT2D eigenvalue weighted by Gasteiger charge is 2.28. The average Bonchev–Trinajstić information content (AvgIpc) is 3.22. The van der Waals surface area contributed by atoms with Crippen LogP contribution in [0, 0.1) is 0 Å². The number of rotatable bonds is 2. The fourth-order valence-electron chi connectivity index (χ4n) is 2.86. The molecule has 128 valence electrons. The normalized spacial score (nSPS) is 19.6. The van der Waals surface area contributed by atoms with Gasteiger partial charge in [-0.2, -0.15) is 4.99 Å². The van der Waals surface area contributed by atoms with Gasteiger partial charge in [0.1, 0.15) is 5.76 Å². The van der Waals surface area contributed by atoms with E-state index in [1.165, 1.54) is 17.4 Å². The van der Waals surface area contributed by atoms with Crippen molar-refractivity contribution >= 4 is 50.5 Å². The van der Waals surface area contributed by atoms with Crippen LogP contribution < -0.4 is 4.90 Å². The Morgan fingerprint density at radius 3 is 2.44 bits per heavy atom. The summed E-state index contributed by atoms with van der Waals surface area (Å²) in [5, 5.41) is 0.787. The molecule has 2 aromatic rings. The van der Waals surface area contributed by atoms with Crippen molar-refractivity contribution < 1.29 is 9.21 Å². The number of carbonyl (C=O) groups is 1. The summed E-state index contributed by atoms with van der Waals surface area (Å²) in [5.41, 5.74) is 1.24. The minimum atomic E-state index is -0.196. The second-order valence-corrected chi connectivity index (χ2v) is 7.55. The summed E-state index contributed by atoms with van der Waals surface area (Å²) in [5.74, 6) is 0.450. The number of amides is 1. The van der Waals surface area contributed by atoms with Crippen molar-refractivity contribution in [3.05, 3.63) is 57.8 Å². The van der Waals surface area contributed by atoms with E-state index < -0.39 is 0 Å². The fraction of sp³-hybridized carbons (Fsp3) is 0.222. The van der Waals surface area contributed by atoms with Crippen molar-refractivity contribution in [1.82, 2.24) is 4.90 Å². The number of hydrogen-bond donors (Lipinski definition) is 0. The molecule has 0 bridgehead atoms. The Balaban J connectivity index is 1.40. The third-order valence-electron chi connectivity index (χ3n) is 4.15. The van der Waals surface area contributed by atoms with Crippen LogP contribution in [0.5, 0.6) is 0 Å². The van der Waals surface area contributed by atoms with Crippen LogP contribution in [-0.4, -0.2) is 42.2 Å². The number of aliphatic imine (C=N–C) groups is 1. The molecule has 0 saturated carbocycles. The van der Waals surface area contributed by atoms with Gasteiger partial charge in [0, 0.05) is 37.9 Å². The van der Waals surface area contributed by atoms with E-state index in [9.17, 15) is 4.79 Å². The zero-order valence-corrected chi connectivity index (χ0v) is 15.8. The molecule has 1 aromatic carbocycles. The number of benzene rings is 1. The molecule has 5 nitrogen and oxygen atoms in total. The Morgan fingerprint density at radius 1 is 1.04 bits per heavy atom. The second kappa shape index (κ2) is 7.09. The van der Waals surface area contributed by atoms with Gasteiger partial charge in [-0.15, -0.1) is 0 Å². The summed E-state index contributed by atoms with van der Waals surface area (Å²) in [6.45, 7) is 3.55. The fourth-order valence-corrected chi connectivity index (χ4v) is 4.13. The molecule has 4 rings (SSSR count). The van der Waals surface area contributed by atoms with Gasteiger partial charge in [0.25, 0.3) is 5.91 Å². The Hall–Kier alpha value is -1.99. The predicted octanol–water partition coefficient (Wildman–Crippen LogP) is 3.83. The van der Waals surface area contributed by atoms with Crippen molar-refractivity contribution in [2.75, 3.05) is 31.1 Å². The Bertz CT molecular complexity index is 839. The van der Waals surface area contributed by atoms with Crippen LogP contribution in [0.4, 0.5) is 5.69 Å². The summed E-state index contributed by atoms with van der Waals surface area (Å²) < 4.78 is 6.09. The van der Waals surface area contributed by atoms with Crippen LogP contribution >= 0.6 is 27.7 Å². The number of thioether (sulfide) groups is 1. The van der Waals surface area contributed by atoms with E-state index in [0.717, 1.165) is 31.3 Å². The van der Waals surface area contributed by atoms with Gasteiger partial charge < -0.3 is 14.2 Å². The van der Waals surface area contributed by atoms with Gasteiger partial charge in [-0.1, -0.05) is 18.2 Å². The molecular weight excluding hydrogens is 402 g/mol. The van der Waals surface area contributed by atoms with Crippen LogP contribution in [0.2, 0.25) is 0 Å². The third-order valence-corrected chi connectivity index (χ3v) is 5.62. The van der Waals surface area contributed by atoms with E-state index in [-0.39, 0.29) is 5.91 Å². The van der Waals surface area contributed by atoms with Crippen LogP contribution in [0.1, 0.15) is 5.76 Å². The molecular formula is C18H16BrN3O2S. The highest BCUT2D eigenvalue weighted by atomic mass is 79.9. The lowest BCUT2D eigenvalue weighted by Crippen LogP contribution is -2.47. The molecule has 1 fully saturated rings. The van der Waals surface area contributed by atoms with Crippen molar-refractivity contribution in [3.63, 3.8) is 0 Å². The van der Waals surface area contributed by atoms with E-state index in [2.05, 4.69) is 55.0 Å². The minimum absolute atomic E-state index is 0.196. The first-order valence-corrected chi connectivity index (χ1v) is 9.63. The molecule has 0 atom stereocenters. The molecule has 1 saturated heterocycles. The lowest BCUT2D eigenvalue weighted by molar-refractivity contribution is -0.113. The highest BCUT2D eigenvalue weighted by Crippen LogP contribution is 2.31. The van der Waals surface area contributed by atoms with Gasteiger partial charge in [0.15, 0.2) is 9.84 Å². The molecule has 2 aliphatic heterocycles. The molecule has 3 heterocycles. The van der Waals surface area contributed by atoms with Crippen molar-refractivity contribution in [1.29, 1.82) is 0 Å². The van der Waals surface area contributed by atoms with E-state index in [4.69, 9.17) is 4.42 Å². The molecule has 7 heteroatoms. The second-order valence-electron chi connectivity index (χ2n) is 5.76. The van der Waals surface area contributed by atoms with Crippen molar-refractivity contribution in [2.45, 2.75) is 0 Å². The smallest absolute Gasteiger partial charge is 0.286 e. The van der Waals surface area contributed by atoms with Gasteiger partial charge in [-0.05, 0) is 52.0 Å². The predicted molar refractivity (Wildman–Crippen MR) is 105 cm³/mol. The van der Waals surface area contributed by atoms with Gasteiger partial charge in [-0.25, -0.2) is 0 Å². The number of amidine groups is 1. The van der Waals surface area contributed by atoms with Crippen LogP contribution in [0.3, 0.4) is 0 Å². The quantitative estimate of drug-likeness (QED) is 0.694. The number of furan rings is 1. The maximum Gasteiger partial charge on any atom is 0.286 e. The number of piperazine rings is 1. The van der Waals surface area contributed by atoms with E-state index in [1.54, 1.807) is 12.1 Å². The van der Waals surface area contributed by atoms with Crippen LogP contribution in [0.15, 0.2) is 61.4 Å². The standard InChI is InChI=1S/C18H16BrN3O2S/c19-16-7-6-14(24-16)12-15-17(23)20-18(25-15)22-10-8-21(9-11-22)13-4-2-1-3-5-13/h1-7,12H,8-11H2/b15-12+. The third kappa shape index (κ3) is 3.67. The lowest BCUT2D eigenvalue weighted by Gasteiger charge is -2.36. The largest absolute Gasteiger partial charge is 0.450 e. The molecule has 1 amide bonds. The summed E-state index contributed by atoms with van der Waals surface area (Å²) in [6.07, 6.45) is 1.74. The number of halogens is 1. The zero-order chi connectivity index (χ0) is 17.2. The number of nitrogens with zero attached hydrogens (tertiary/aromatic N) is 3. The molecule has 0 aliphatic carbocycles. The summed E-state index contributed by atoms with van der Waals surface area (Å²) in [7, 11) is 0. The lowest BCUT2D eigenvalue weighted by atomic mass is 10.2. The SMILES string of the molecule is O=C1N=C(N2CCN(c3ccccc3)CC2)S/C1=C/c1ccc(Br)o1. The molecule has 0 radical (unpaired) electrons. The van der Waals surface area contributed by atoms with Gasteiger partial charge in [0.2, 0.25) is 0 Å². The van der Waals surface area contributed by atoms with Gasteiger partial charge >= 0.3 is 0 Å². The number of hydrogen-bond acceptors (Lipinski definition) is 5. The Kier molecular flexibility index (Phi) is 4.67.